The molecule has 3 aromatic rings. The second-order valence-corrected chi connectivity index (χ2v) is 8.97. The van der Waals surface area contributed by atoms with Crippen LogP contribution in [0.3, 0.4) is 0 Å². The van der Waals surface area contributed by atoms with E-state index in [1.54, 1.807) is 13.8 Å². The molecule has 0 atom stereocenters. The lowest BCUT2D eigenvalue weighted by molar-refractivity contribution is 0.0696. The number of nitrogens with zero attached hydrogens (tertiary/aromatic N) is 5. The second kappa shape index (κ2) is 10.8. The van der Waals surface area contributed by atoms with Gasteiger partial charge in [-0.3, -0.25) is 4.90 Å². The first-order chi connectivity index (χ1) is 17.7. The van der Waals surface area contributed by atoms with Crippen molar-refractivity contribution in [2.45, 2.75) is 58.1 Å². The van der Waals surface area contributed by atoms with Gasteiger partial charge in [0.15, 0.2) is 5.82 Å². The second-order valence-electron chi connectivity index (χ2n) is 8.97. The van der Waals surface area contributed by atoms with Crippen LogP contribution in [-0.4, -0.2) is 56.2 Å². The number of tetrazole rings is 1. The zero-order chi connectivity index (χ0) is 26.7. The van der Waals surface area contributed by atoms with E-state index in [1.165, 1.54) is 42.3 Å². The van der Waals surface area contributed by atoms with Gasteiger partial charge in [0.1, 0.15) is 17.2 Å². The molecule has 0 spiro atoms. The number of aromatic nitrogens is 4. The minimum absolute atomic E-state index is 0.0535. The number of ether oxygens (including phenoxy) is 2. The van der Waals surface area contributed by atoms with Gasteiger partial charge in [-0.2, -0.15) is 4.68 Å². The fourth-order valence-electron chi connectivity index (χ4n) is 4.47. The van der Waals surface area contributed by atoms with Crippen LogP contribution in [-0.2, 0) is 0 Å². The molecule has 0 radical (unpaired) electrons. The smallest absolute Gasteiger partial charge is 0.377 e. The first-order valence-corrected chi connectivity index (χ1v) is 12.0. The van der Waals surface area contributed by atoms with Crippen molar-refractivity contribution in [3.05, 3.63) is 58.3 Å². The minimum atomic E-state index is -1.18. The van der Waals surface area contributed by atoms with Crippen LogP contribution >= 0.6 is 0 Å². The van der Waals surface area contributed by atoms with Gasteiger partial charge in [-0.05, 0) is 67.4 Å². The molecule has 12 heteroatoms. The Balaban J connectivity index is 1.83. The Labute approximate surface area is 212 Å². The predicted octanol–water partition coefficient (Wildman–Crippen LogP) is 3.87. The van der Waals surface area contributed by atoms with E-state index in [0.29, 0.717) is 22.2 Å². The lowest BCUT2D eigenvalue weighted by atomic mass is 9.93. The average molecular weight is 514 g/mol. The summed E-state index contributed by atoms with van der Waals surface area (Å²) < 4.78 is 27.1. The number of halogens is 1. The van der Waals surface area contributed by atoms with E-state index < -0.39 is 23.5 Å². The van der Waals surface area contributed by atoms with Crippen molar-refractivity contribution < 1.29 is 28.6 Å². The SMILES string of the molecule is COc1ccc(C(=O)O)cc1N(C(=O)n1nnn(-c2c(F)cccc2OC(C)C)c1=O)C1CCCCC1. The van der Waals surface area contributed by atoms with E-state index >= 15 is 0 Å². The maximum absolute atomic E-state index is 14.8. The highest BCUT2D eigenvalue weighted by molar-refractivity contribution is 5.97. The van der Waals surface area contributed by atoms with Crippen molar-refractivity contribution in [2.75, 3.05) is 12.0 Å². The number of benzene rings is 2. The van der Waals surface area contributed by atoms with Crippen molar-refractivity contribution in [1.82, 2.24) is 19.8 Å². The standard InChI is InChI=1S/C25H28FN5O6/c1-15(2)37-21-11-7-10-18(26)22(21)30-25(35)31(28-27-30)24(34)29(17-8-5-4-6-9-17)19-14-16(23(32)33)12-13-20(19)36-3/h7,10-15,17H,4-6,8-9H2,1-3H3,(H,32,33). The topological polar surface area (TPSA) is 129 Å². The maximum atomic E-state index is 14.8. The maximum Gasteiger partial charge on any atom is 0.377 e. The molecule has 4 rings (SSSR count). The van der Waals surface area contributed by atoms with Gasteiger partial charge in [-0.1, -0.05) is 25.3 Å². The summed E-state index contributed by atoms with van der Waals surface area (Å²) in [7, 11) is 1.40. The monoisotopic (exact) mass is 513 g/mol. The molecule has 1 aliphatic rings. The molecule has 1 aromatic heterocycles. The number of carbonyl (C=O) groups excluding carboxylic acids is 1. The Hall–Kier alpha value is -4.22. The van der Waals surface area contributed by atoms with Crippen LogP contribution in [0.25, 0.3) is 5.69 Å². The molecular weight excluding hydrogens is 485 g/mol. The lowest BCUT2D eigenvalue weighted by Gasteiger charge is -2.34. The number of hydrogen-bond acceptors (Lipinski definition) is 7. The predicted molar refractivity (Wildman–Crippen MR) is 131 cm³/mol. The highest BCUT2D eigenvalue weighted by Gasteiger charge is 2.33. The quantitative estimate of drug-likeness (QED) is 0.472. The summed E-state index contributed by atoms with van der Waals surface area (Å²) in [5.41, 5.74) is -1.13. The van der Waals surface area contributed by atoms with Gasteiger partial charge >= 0.3 is 17.7 Å². The fraction of sp³-hybridized carbons (Fsp3) is 0.400. The number of anilines is 1. The van der Waals surface area contributed by atoms with Gasteiger partial charge in [0, 0.05) is 6.04 Å². The van der Waals surface area contributed by atoms with E-state index in [9.17, 15) is 23.9 Å². The number of hydrogen-bond donors (Lipinski definition) is 1. The highest BCUT2D eigenvalue weighted by Crippen LogP contribution is 2.35. The molecule has 0 saturated heterocycles. The molecule has 37 heavy (non-hydrogen) atoms. The normalized spacial score (nSPS) is 14.0. The Morgan fingerprint density at radius 1 is 1.11 bits per heavy atom. The molecule has 1 aliphatic carbocycles. The van der Waals surface area contributed by atoms with E-state index in [0.717, 1.165) is 25.3 Å². The Bertz CT molecular complexity index is 1360. The molecule has 0 bridgehead atoms. The van der Waals surface area contributed by atoms with Gasteiger partial charge in [-0.25, -0.2) is 18.8 Å². The van der Waals surface area contributed by atoms with Crippen LogP contribution in [0.1, 0.15) is 56.3 Å². The van der Waals surface area contributed by atoms with E-state index in [-0.39, 0.29) is 40.6 Å². The third kappa shape index (κ3) is 5.18. The zero-order valence-corrected chi connectivity index (χ0v) is 20.8. The van der Waals surface area contributed by atoms with Gasteiger partial charge in [-0.15, -0.1) is 4.68 Å². The number of methoxy groups -OCH3 is 1. The highest BCUT2D eigenvalue weighted by atomic mass is 19.1. The molecule has 11 nitrogen and oxygen atoms in total. The number of para-hydroxylation sites is 1. The molecule has 0 unspecified atom stereocenters. The van der Waals surface area contributed by atoms with E-state index in [2.05, 4.69) is 10.4 Å². The van der Waals surface area contributed by atoms with Crippen molar-refractivity contribution in [1.29, 1.82) is 0 Å². The van der Waals surface area contributed by atoms with Crippen LogP contribution in [0, 0.1) is 5.82 Å². The van der Waals surface area contributed by atoms with Crippen LogP contribution in [0.15, 0.2) is 41.2 Å². The number of aromatic carboxylic acids is 1. The van der Waals surface area contributed by atoms with Gasteiger partial charge in [0.2, 0.25) is 0 Å². The first-order valence-electron chi connectivity index (χ1n) is 12.0. The number of carboxylic acid groups (broad SMARTS) is 1. The van der Waals surface area contributed by atoms with Crippen LogP contribution in [0.5, 0.6) is 11.5 Å². The molecule has 1 fully saturated rings. The summed E-state index contributed by atoms with van der Waals surface area (Å²) >= 11 is 0. The summed E-state index contributed by atoms with van der Waals surface area (Å²) in [5.74, 6) is -1.64. The van der Waals surface area contributed by atoms with E-state index in [1.807, 2.05) is 0 Å². The third-order valence-corrected chi connectivity index (χ3v) is 6.12. The third-order valence-electron chi connectivity index (χ3n) is 6.12. The average Bonchev–Trinajstić information content (AvgIpc) is 3.25. The fourth-order valence-corrected chi connectivity index (χ4v) is 4.47. The summed E-state index contributed by atoms with van der Waals surface area (Å²) in [4.78, 5) is 40.2. The summed E-state index contributed by atoms with van der Waals surface area (Å²) in [6.45, 7) is 3.50. The molecule has 196 valence electrons. The number of carbonyl (C=O) groups is 2. The summed E-state index contributed by atoms with van der Waals surface area (Å²) in [5, 5.41) is 17.1. The van der Waals surface area contributed by atoms with Gasteiger partial charge in [0.25, 0.3) is 0 Å². The number of rotatable bonds is 7. The molecule has 1 amide bonds. The summed E-state index contributed by atoms with van der Waals surface area (Å²) in [6, 6.07) is 7.02. The molecule has 1 heterocycles. The lowest BCUT2D eigenvalue weighted by Crippen LogP contribution is -2.47. The minimum Gasteiger partial charge on any atom is -0.495 e. The number of carboxylic acids is 1. The van der Waals surface area contributed by atoms with Crippen LogP contribution in [0.4, 0.5) is 14.9 Å². The molecule has 1 N–H and O–H groups in total. The van der Waals surface area contributed by atoms with Crippen LogP contribution < -0.4 is 20.1 Å². The van der Waals surface area contributed by atoms with E-state index in [4.69, 9.17) is 9.47 Å². The molecule has 1 saturated carbocycles. The number of amides is 1. The zero-order valence-electron chi connectivity index (χ0n) is 20.8. The Morgan fingerprint density at radius 3 is 2.49 bits per heavy atom. The first kappa shape index (κ1) is 25.9. The van der Waals surface area contributed by atoms with Gasteiger partial charge < -0.3 is 14.6 Å². The Kier molecular flexibility index (Phi) is 7.55. The van der Waals surface area contributed by atoms with Gasteiger partial charge in [0.05, 0.1) is 24.5 Å². The Morgan fingerprint density at radius 2 is 1.84 bits per heavy atom. The largest absolute Gasteiger partial charge is 0.495 e. The molecule has 2 aromatic carbocycles. The summed E-state index contributed by atoms with van der Waals surface area (Å²) in [6.07, 6.45) is 3.64. The molecular formula is C25H28FN5O6. The van der Waals surface area contributed by atoms with Crippen molar-refractivity contribution >= 4 is 17.7 Å². The van der Waals surface area contributed by atoms with Crippen molar-refractivity contribution in [2.24, 2.45) is 0 Å². The van der Waals surface area contributed by atoms with Crippen molar-refractivity contribution in [3.8, 4) is 17.2 Å². The van der Waals surface area contributed by atoms with Crippen molar-refractivity contribution in [3.63, 3.8) is 0 Å². The molecule has 0 aliphatic heterocycles. The van der Waals surface area contributed by atoms with Crippen LogP contribution in [0.2, 0.25) is 0 Å².